The van der Waals surface area contributed by atoms with E-state index < -0.39 is 0 Å². The zero-order chi connectivity index (χ0) is 12.4. The number of aromatic amines is 1. The fourth-order valence-corrected chi connectivity index (χ4v) is 1.58. The van der Waals surface area contributed by atoms with Crippen molar-refractivity contribution in [1.82, 2.24) is 4.98 Å². The third-order valence-corrected chi connectivity index (χ3v) is 2.46. The summed E-state index contributed by atoms with van der Waals surface area (Å²) in [5, 5.41) is 0. The molecule has 0 amide bonds. The Kier molecular flexibility index (Phi) is 2.74. The van der Waals surface area contributed by atoms with E-state index >= 15 is 0 Å². The number of pyridine rings is 1. The topological polar surface area (TPSA) is 94.1 Å². The first-order valence-electron chi connectivity index (χ1n) is 5.04. The van der Waals surface area contributed by atoms with Crippen LogP contribution in [-0.4, -0.2) is 12.1 Å². The van der Waals surface area contributed by atoms with E-state index in [1.165, 1.54) is 6.07 Å². The number of nitrogens with one attached hydrogen (secondary N) is 1. The summed E-state index contributed by atoms with van der Waals surface area (Å²) < 4.78 is 5.11. The molecule has 0 saturated carbocycles. The Morgan fingerprint density at radius 1 is 1.18 bits per heavy atom. The summed E-state index contributed by atoms with van der Waals surface area (Å²) in [5.74, 6) is 0.694. The summed E-state index contributed by atoms with van der Waals surface area (Å²) >= 11 is 0. The number of nitrogens with two attached hydrogens (primary N) is 2. The van der Waals surface area contributed by atoms with E-state index in [-0.39, 0.29) is 11.2 Å². The minimum absolute atomic E-state index is 0.106. The average molecular weight is 231 g/mol. The second-order valence-electron chi connectivity index (χ2n) is 3.62. The van der Waals surface area contributed by atoms with Crippen molar-refractivity contribution in [3.05, 3.63) is 40.7 Å². The van der Waals surface area contributed by atoms with Crippen molar-refractivity contribution >= 4 is 11.4 Å². The molecular weight excluding hydrogens is 218 g/mol. The van der Waals surface area contributed by atoms with Crippen LogP contribution >= 0.6 is 0 Å². The highest BCUT2D eigenvalue weighted by Crippen LogP contribution is 2.26. The first kappa shape index (κ1) is 11.1. The van der Waals surface area contributed by atoms with Gasteiger partial charge in [0.25, 0.3) is 5.56 Å². The SMILES string of the molecule is COc1cccc(-c2[nH]c(=O)c(N)cc2N)c1. The predicted molar refractivity (Wildman–Crippen MR) is 67.9 cm³/mol. The quantitative estimate of drug-likeness (QED) is 0.724. The number of rotatable bonds is 2. The van der Waals surface area contributed by atoms with Crippen LogP contribution in [0.3, 0.4) is 0 Å². The summed E-state index contributed by atoms with van der Waals surface area (Å²) in [5.41, 5.74) is 12.8. The number of benzene rings is 1. The molecule has 0 saturated heterocycles. The van der Waals surface area contributed by atoms with Crippen LogP contribution in [0.15, 0.2) is 35.1 Å². The van der Waals surface area contributed by atoms with Gasteiger partial charge in [0.2, 0.25) is 0 Å². The lowest BCUT2D eigenvalue weighted by Crippen LogP contribution is -2.13. The van der Waals surface area contributed by atoms with Crippen molar-refractivity contribution in [3.8, 4) is 17.0 Å². The highest BCUT2D eigenvalue weighted by molar-refractivity contribution is 5.75. The molecule has 0 radical (unpaired) electrons. The predicted octanol–water partition coefficient (Wildman–Crippen LogP) is 1.21. The van der Waals surface area contributed by atoms with Gasteiger partial charge < -0.3 is 21.2 Å². The molecule has 5 heteroatoms. The molecule has 2 aromatic rings. The number of H-pyrrole nitrogens is 1. The van der Waals surface area contributed by atoms with Crippen LogP contribution < -0.4 is 21.8 Å². The van der Waals surface area contributed by atoms with Crippen LogP contribution in [-0.2, 0) is 0 Å². The Labute approximate surface area is 98.0 Å². The maximum absolute atomic E-state index is 11.5. The molecule has 5 N–H and O–H groups in total. The maximum Gasteiger partial charge on any atom is 0.271 e. The molecule has 0 unspecified atom stereocenters. The highest BCUT2D eigenvalue weighted by Gasteiger charge is 2.07. The van der Waals surface area contributed by atoms with Gasteiger partial charge in [-0.25, -0.2) is 0 Å². The first-order chi connectivity index (χ1) is 8.11. The fraction of sp³-hybridized carbons (Fsp3) is 0.0833. The number of ether oxygens (including phenoxy) is 1. The lowest BCUT2D eigenvalue weighted by atomic mass is 10.1. The third-order valence-electron chi connectivity index (χ3n) is 2.46. The molecule has 0 aliphatic heterocycles. The molecule has 1 aromatic heterocycles. The van der Waals surface area contributed by atoms with Gasteiger partial charge in [0.05, 0.1) is 24.2 Å². The van der Waals surface area contributed by atoms with Crippen molar-refractivity contribution in [2.45, 2.75) is 0 Å². The molecule has 88 valence electrons. The Bertz CT molecular complexity index is 605. The van der Waals surface area contributed by atoms with Gasteiger partial charge >= 0.3 is 0 Å². The van der Waals surface area contributed by atoms with Crippen LogP contribution in [0.4, 0.5) is 11.4 Å². The van der Waals surface area contributed by atoms with Gasteiger partial charge in [0.1, 0.15) is 5.75 Å². The first-order valence-corrected chi connectivity index (χ1v) is 5.04. The summed E-state index contributed by atoms with van der Waals surface area (Å²) in [6, 6.07) is 8.71. The summed E-state index contributed by atoms with van der Waals surface area (Å²) in [6.45, 7) is 0. The number of hydrogen-bond acceptors (Lipinski definition) is 4. The summed E-state index contributed by atoms with van der Waals surface area (Å²) in [7, 11) is 1.58. The van der Waals surface area contributed by atoms with Crippen molar-refractivity contribution < 1.29 is 4.74 Å². The van der Waals surface area contributed by atoms with Crippen molar-refractivity contribution in [2.75, 3.05) is 18.6 Å². The van der Waals surface area contributed by atoms with E-state index in [0.29, 0.717) is 17.1 Å². The smallest absolute Gasteiger partial charge is 0.271 e. The molecule has 5 nitrogen and oxygen atoms in total. The van der Waals surface area contributed by atoms with Crippen LogP contribution in [0, 0.1) is 0 Å². The van der Waals surface area contributed by atoms with Crippen molar-refractivity contribution in [3.63, 3.8) is 0 Å². The molecule has 0 aliphatic carbocycles. The molecular formula is C12H13N3O2. The van der Waals surface area contributed by atoms with Crippen LogP contribution in [0.1, 0.15) is 0 Å². The lowest BCUT2D eigenvalue weighted by Gasteiger charge is -2.08. The minimum atomic E-state index is -0.350. The Morgan fingerprint density at radius 2 is 1.94 bits per heavy atom. The van der Waals surface area contributed by atoms with E-state index in [0.717, 1.165) is 5.56 Å². The van der Waals surface area contributed by atoms with Gasteiger partial charge in [-0.15, -0.1) is 0 Å². The van der Waals surface area contributed by atoms with Gasteiger partial charge in [0.15, 0.2) is 0 Å². The minimum Gasteiger partial charge on any atom is -0.497 e. The lowest BCUT2D eigenvalue weighted by molar-refractivity contribution is 0.415. The molecule has 0 bridgehead atoms. The Hall–Kier alpha value is -2.43. The van der Waals surface area contributed by atoms with Crippen LogP contribution in [0.25, 0.3) is 11.3 Å². The molecule has 1 aromatic carbocycles. The average Bonchev–Trinajstić information content (AvgIpc) is 2.34. The van der Waals surface area contributed by atoms with E-state index in [1.54, 1.807) is 13.2 Å². The maximum atomic E-state index is 11.5. The number of anilines is 2. The zero-order valence-corrected chi connectivity index (χ0v) is 9.36. The normalized spacial score (nSPS) is 10.2. The van der Waals surface area contributed by atoms with E-state index in [9.17, 15) is 4.79 Å². The number of methoxy groups -OCH3 is 1. The van der Waals surface area contributed by atoms with Gasteiger partial charge in [0, 0.05) is 5.56 Å². The highest BCUT2D eigenvalue weighted by atomic mass is 16.5. The zero-order valence-electron chi connectivity index (χ0n) is 9.36. The van der Waals surface area contributed by atoms with E-state index in [1.807, 2.05) is 18.2 Å². The second kappa shape index (κ2) is 4.21. The number of aromatic nitrogens is 1. The molecule has 0 fully saturated rings. The standard InChI is InChI=1S/C12H13N3O2/c1-17-8-4-2-3-7(5-8)11-9(13)6-10(14)12(16)15-11/h2-6H,13-14H2,1H3,(H,15,16). The van der Waals surface area contributed by atoms with Crippen molar-refractivity contribution in [2.24, 2.45) is 0 Å². The summed E-state index contributed by atoms with van der Waals surface area (Å²) in [4.78, 5) is 14.1. The van der Waals surface area contributed by atoms with E-state index in [4.69, 9.17) is 16.2 Å². The summed E-state index contributed by atoms with van der Waals surface area (Å²) in [6.07, 6.45) is 0. The molecule has 17 heavy (non-hydrogen) atoms. The monoisotopic (exact) mass is 231 g/mol. The number of hydrogen-bond donors (Lipinski definition) is 3. The Balaban J connectivity index is 2.60. The number of nitrogen functional groups attached to an aromatic ring is 2. The molecule has 0 aliphatic rings. The molecule has 0 spiro atoms. The van der Waals surface area contributed by atoms with Crippen LogP contribution in [0.2, 0.25) is 0 Å². The largest absolute Gasteiger partial charge is 0.497 e. The van der Waals surface area contributed by atoms with Gasteiger partial charge in [-0.05, 0) is 18.2 Å². The fourth-order valence-electron chi connectivity index (χ4n) is 1.58. The van der Waals surface area contributed by atoms with E-state index in [2.05, 4.69) is 4.98 Å². The third kappa shape index (κ3) is 2.08. The van der Waals surface area contributed by atoms with Crippen LogP contribution in [0.5, 0.6) is 5.75 Å². The van der Waals surface area contributed by atoms with Crippen molar-refractivity contribution in [1.29, 1.82) is 0 Å². The molecule has 0 atom stereocenters. The van der Waals surface area contributed by atoms with Gasteiger partial charge in [-0.1, -0.05) is 12.1 Å². The second-order valence-corrected chi connectivity index (χ2v) is 3.62. The molecule has 1 heterocycles. The van der Waals surface area contributed by atoms with Gasteiger partial charge in [-0.3, -0.25) is 4.79 Å². The van der Waals surface area contributed by atoms with Gasteiger partial charge in [-0.2, -0.15) is 0 Å². The molecule has 2 rings (SSSR count). The Morgan fingerprint density at radius 3 is 2.65 bits per heavy atom.